The van der Waals surface area contributed by atoms with Gasteiger partial charge < -0.3 is 9.47 Å². The van der Waals surface area contributed by atoms with Crippen LogP contribution in [0.3, 0.4) is 0 Å². The second kappa shape index (κ2) is 9.01. The molecule has 3 rings (SSSR count). The molecule has 0 saturated heterocycles. The van der Waals surface area contributed by atoms with E-state index in [0.29, 0.717) is 22.6 Å². The predicted octanol–water partition coefficient (Wildman–Crippen LogP) is 5.09. The van der Waals surface area contributed by atoms with Crippen molar-refractivity contribution in [2.45, 2.75) is 13.3 Å². The monoisotopic (exact) mass is 391 g/mol. The number of Topliss-reactive ketones (excluding diaryl/α,β-unsaturated/α-hetero) is 1. The first kappa shape index (κ1) is 20.1. The molecule has 29 heavy (non-hydrogen) atoms. The molecule has 0 N–H and O–H groups in total. The van der Waals surface area contributed by atoms with Crippen LogP contribution in [0.25, 0.3) is 11.1 Å². The molecule has 0 heterocycles. The van der Waals surface area contributed by atoms with Gasteiger partial charge in [0.15, 0.2) is 12.4 Å². The number of rotatable bonds is 8. The average molecular weight is 391 g/mol. The number of ether oxygens (including phenoxy) is 2. The Labute approximate surface area is 168 Å². The van der Waals surface area contributed by atoms with Crippen molar-refractivity contribution in [3.05, 3.63) is 88.0 Å². The molecule has 6 heteroatoms. The Bertz CT molecular complexity index is 1010. The Kier molecular flexibility index (Phi) is 6.24. The maximum Gasteiger partial charge on any atom is 0.270 e. The lowest BCUT2D eigenvalue weighted by atomic mass is 10.0. The number of methoxy groups -OCH3 is 1. The molecule has 6 nitrogen and oxygen atoms in total. The van der Waals surface area contributed by atoms with Crippen LogP contribution in [0.15, 0.2) is 66.7 Å². The number of carbonyl (C=O) groups is 1. The zero-order valence-corrected chi connectivity index (χ0v) is 16.3. The van der Waals surface area contributed by atoms with E-state index in [2.05, 4.69) is 6.92 Å². The zero-order chi connectivity index (χ0) is 20.8. The molecule has 0 aliphatic heterocycles. The van der Waals surface area contributed by atoms with E-state index in [1.54, 1.807) is 43.5 Å². The van der Waals surface area contributed by atoms with E-state index in [1.807, 2.05) is 12.1 Å². The van der Waals surface area contributed by atoms with Gasteiger partial charge in [0.2, 0.25) is 0 Å². The Balaban J connectivity index is 1.85. The molecule has 0 atom stereocenters. The van der Waals surface area contributed by atoms with Crippen LogP contribution in [-0.2, 0) is 6.42 Å². The van der Waals surface area contributed by atoms with Gasteiger partial charge in [-0.2, -0.15) is 0 Å². The summed E-state index contributed by atoms with van der Waals surface area (Å²) in [4.78, 5) is 23.2. The normalized spacial score (nSPS) is 10.4. The van der Waals surface area contributed by atoms with Crippen molar-refractivity contribution in [2.24, 2.45) is 0 Å². The summed E-state index contributed by atoms with van der Waals surface area (Å²) in [5.41, 5.74) is 2.93. The minimum absolute atomic E-state index is 0.0513. The van der Waals surface area contributed by atoms with Crippen LogP contribution in [0, 0.1) is 10.1 Å². The van der Waals surface area contributed by atoms with Gasteiger partial charge in [0, 0.05) is 23.3 Å². The largest absolute Gasteiger partial charge is 0.497 e. The van der Waals surface area contributed by atoms with Crippen LogP contribution >= 0.6 is 0 Å². The van der Waals surface area contributed by atoms with Crippen molar-refractivity contribution in [1.29, 1.82) is 0 Å². The van der Waals surface area contributed by atoms with Crippen LogP contribution in [0.1, 0.15) is 22.8 Å². The summed E-state index contributed by atoms with van der Waals surface area (Å²) in [6, 6.07) is 18.8. The fourth-order valence-corrected chi connectivity index (χ4v) is 2.91. The second-order valence-electron chi connectivity index (χ2n) is 6.43. The summed E-state index contributed by atoms with van der Waals surface area (Å²) in [6.07, 6.45) is 0.902. The molecule has 3 aromatic rings. The fraction of sp³-hybridized carbons (Fsp3) is 0.174. The van der Waals surface area contributed by atoms with Crippen molar-refractivity contribution >= 4 is 11.5 Å². The number of non-ortho nitro benzene ring substituents is 1. The summed E-state index contributed by atoms with van der Waals surface area (Å²) in [5, 5.41) is 11.2. The number of benzene rings is 3. The number of carbonyl (C=O) groups excluding carboxylic acids is 1. The highest BCUT2D eigenvalue weighted by atomic mass is 16.6. The lowest BCUT2D eigenvalue weighted by Crippen LogP contribution is -2.12. The molecule has 0 saturated carbocycles. The van der Waals surface area contributed by atoms with Crippen LogP contribution < -0.4 is 9.47 Å². The first-order chi connectivity index (χ1) is 14.0. The number of hydrogen-bond acceptors (Lipinski definition) is 5. The Morgan fingerprint density at radius 3 is 2.28 bits per heavy atom. The van der Waals surface area contributed by atoms with E-state index >= 15 is 0 Å². The first-order valence-corrected chi connectivity index (χ1v) is 9.19. The molecular weight excluding hydrogens is 370 g/mol. The van der Waals surface area contributed by atoms with Crippen LogP contribution in [0.4, 0.5) is 5.69 Å². The van der Waals surface area contributed by atoms with Crippen molar-refractivity contribution in [3.8, 4) is 22.6 Å². The fourth-order valence-electron chi connectivity index (χ4n) is 2.91. The first-order valence-electron chi connectivity index (χ1n) is 9.19. The average Bonchev–Trinajstić information content (AvgIpc) is 2.77. The third-order valence-corrected chi connectivity index (χ3v) is 4.62. The van der Waals surface area contributed by atoms with Gasteiger partial charge in [0.25, 0.3) is 5.69 Å². The van der Waals surface area contributed by atoms with E-state index < -0.39 is 4.92 Å². The molecule has 0 bridgehead atoms. The minimum Gasteiger partial charge on any atom is -0.497 e. The minimum atomic E-state index is -0.461. The van der Waals surface area contributed by atoms with Crippen molar-refractivity contribution < 1.29 is 19.2 Å². The lowest BCUT2D eigenvalue weighted by Gasteiger charge is -2.12. The van der Waals surface area contributed by atoms with E-state index in [0.717, 1.165) is 17.5 Å². The highest BCUT2D eigenvalue weighted by molar-refractivity contribution is 5.97. The number of ketones is 1. The second-order valence-corrected chi connectivity index (χ2v) is 6.43. The molecular formula is C23H21NO5. The molecule has 0 aromatic heterocycles. The number of nitro groups is 1. The third kappa shape index (κ3) is 4.79. The highest BCUT2D eigenvalue weighted by Crippen LogP contribution is 2.34. The number of nitrogens with zero attached hydrogens (tertiary/aromatic N) is 1. The quantitative estimate of drug-likeness (QED) is 0.303. The van der Waals surface area contributed by atoms with Gasteiger partial charge in [-0.25, -0.2) is 0 Å². The molecule has 148 valence electrons. The standard InChI is InChI=1S/C23H21NO5/c1-3-16-4-6-18(7-5-16)22(25)15-29-23-13-10-19(24(26)27)14-21(23)17-8-11-20(28-2)12-9-17/h4-14H,3,15H2,1-2H3. The summed E-state index contributed by atoms with van der Waals surface area (Å²) >= 11 is 0. The summed E-state index contributed by atoms with van der Waals surface area (Å²) < 4.78 is 10.9. The maximum atomic E-state index is 12.5. The molecule has 0 aliphatic carbocycles. The van der Waals surface area contributed by atoms with Crippen LogP contribution in [0.5, 0.6) is 11.5 Å². The van der Waals surface area contributed by atoms with Crippen molar-refractivity contribution in [3.63, 3.8) is 0 Å². The number of aryl methyl sites for hydroxylation is 1. The van der Waals surface area contributed by atoms with E-state index in [9.17, 15) is 14.9 Å². The van der Waals surface area contributed by atoms with Crippen molar-refractivity contribution in [1.82, 2.24) is 0 Å². The van der Waals surface area contributed by atoms with Gasteiger partial charge in [0.1, 0.15) is 11.5 Å². The maximum absolute atomic E-state index is 12.5. The van der Waals surface area contributed by atoms with Gasteiger partial charge in [-0.15, -0.1) is 0 Å². The predicted molar refractivity (Wildman–Crippen MR) is 111 cm³/mol. The smallest absolute Gasteiger partial charge is 0.270 e. The van der Waals surface area contributed by atoms with Gasteiger partial charge in [-0.3, -0.25) is 14.9 Å². The van der Waals surface area contributed by atoms with Gasteiger partial charge >= 0.3 is 0 Å². The molecule has 0 fully saturated rings. The van der Waals surface area contributed by atoms with Gasteiger partial charge in [-0.1, -0.05) is 43.3 Å². The molecule has 0 radical (unpaired) electrons. The number of hydrogen-bond donors (Lipinski definition) is 0. The Morgan fingerprint density at radius 1 is 1.00 bits per heavy atom. The summed E-state index contributed by atoms with van der Waals surface area (Å²) in [6.45, 7) is 1.89. The Hall–Kier alpha value is -3.67. The van der Waals surface area contributed by atoms with Gasteiger partial charge in [0.05, 0.1) is 12.0 Å². The van der Waals surface area contributed by atoms with Crippen LogP contribution in [-0.4, -0.2) is 24.4 Å². The number of nitro benzene ring substituents is 1. The summed E-state index contributed by atoms with van der Waals surface area (Å²) in [5.74, 6) is 0.915. The van der Waals surface area contributed by atoms with E-state index in [1.165, 1.54) is 18.2 Å². The highest BCUT2D eigenvalue weighted by Gasteiger charge is 2.15. The molecule has 0 aliphatic rings. The lowest BCUT2D eigenvalue weighted by molar-refractivity contribution is -0.384. The van der Waals surface area contributed by atoms with Crippen LogP contribution in [0.2, 0.25) is 0 Å². The summed E-state index contributed by atoms with van der Waals surface area (Å²) in [7, 11) is 1.57. The molecule has 0 amide bonds. The topological polar surface area (TPSA) is 78.7 Å². The van der Waals surface area contributed by atoms with Gasteiger partial charge in [-0.05, 0) is 35.7 Å². The molecule has 0 unspecified atom stereocenters. The van der Waals surface area contributed by atoms with Crippen molar-refractivity contribution in [2.75, 3.05) is 13.7 Å². The molecule has 0 spiro atoms. The SMILES string of the molecule is CCc1ccc(C(=O)COc2ccc([N+](=O)[O-])cc2-c2ccc(OC)cc2)cc1. The van der Waals surface area contributed by atoms with E-state index in [4.69, 9.17) is 9.47 Å². The zero-order valence-electron chi connectivity index (χ0n) is 16.3. The van der Waals surface area contributed by atoms with E-state index in [-0.39, 0.29) is 18.1 Å². The molecule has 3 aromatic carbocycles. The Morgan fingerprint density at radius 2 is 1.69 bits per heavy atom. The third-order valence-electron chi connectivity index (χ3n) is 4.62.